The molecule has 29 heavy (non-hydrogen) atoms. The molecule has 2 aromatic rings. The molecule has 1 atom stereocenters. The molecule has 4 rings (SSSR count). The molecule has 1 amide bonds. The van der Waals surface area contributed by atoms with Gasteiger partial charge in [-0.25, -0.2) is 8.42 Å². The summed E-state index contributed by atoms with van der Waals surface area (Å²) in [6.07, 6.45) is 5.95. The molecular formula is C22H26N2O4S. The number of nitrogens with one attached hydrogen (secondary N) is 1. The molecule has 7 heteroatoms. The number of carbonyl (C=O) groups excluding carboxylic acids is 1. The standard InChI is InChI=1S/C22H26N2O4S/c25-21(24-20-7-14-29(26,27)16-20)22(8-12-28-13-9-22)15-17-1-3-18(4-2-17)19-5-10-23-11-6-19/h1-6,10-11,20H,7-9,12-16H2,(H,24,25)/t20-/m1/s1. The number of benzene rings is 1. The molecule has 6 nitrogen and oxygen atoms in total. The highest BCUT2D eigenvalue weighted by atomic mass is 32.2. The molecule has 1 aromatic carbocycles. The normalized spacial score (nSPS) is 22.8. The Kier molecular flexibility index (Phi) is 5.69. The second-order valence-electron chi connectivity index (χ2n) is 8.08. The zero-order chi connectivity index (χ0) is 20.3. The highest BCUT2D eigenvalue weighted by Gasteiger charge is 2.42. The summed E-state index contributed by atoms with van der Waals surface area (Å²) in [6, 6.07) is 11.9. The number of hydrogen-bond acceptors (Lipinski definition) is 5. The van der Waals surface area contributed by atoms with E-state index in [-0.39, 0.29) is 23.5 Å². The van der Waals surface area contributed by atoms with Crippen LogP contribution in [0.2, 0.25) is 0 Å². The van der Waals surface area contributed by atoms with Crippen molar-refractivity contribution in [3.63, 3.8) is 0 Å². The molecule has 2 aliphatic rings. The first-order valence-corrected chi connectivity index (χ1v) is 11.9. The van der Waals surface area contributed by atoms with Crippen LogP contribution in [0.5, 0.6) is 0 Å². The fourth-order valence-corrected chi connectivity index (χ4v) is 5.92. The van der Waals surface area contributed by atoms with Gasteiger partial charge >= 0.3 is 0 Å². The van der Waals surface area contributed by atoms with Gasteiger partial charge in [0, 0.05) is 31.6 Å². The lowest BCUT2D eigenvalue weighted by molar-refractivity contribution is -0.137. The van der Waals surface area contributed by atoms with E-state index in [9.17, 15) is 13.2 Å². The maximum atomic E-state index is 13.2. The first kappa shape index (κ1) is 20.0. The van der Waals surface area contributed by atoms with Gasteiger partial charge < -0.3 is 10.1 Å². The van der Waals surface area contributed by atoms with E-state index in [4.69, 9.17) is 4.74 Å². The van der Waals surface area contributed by atoms with E-state index >= 15 is 0 Å². The van der Waals surface area contributed by atoms with Crippen LogP contribution in [-0.2, 0) is 25.8 Å². The maximum absolute atomic E-state index is 13.2. The molecular weight excluding hydrogens is 388 g/mol. The minimum absolute atomic E-state index is 0.0406. The third-order valence-electron chi connectivity index (χ3n) is 6.01. The topological polar surface area (TPSA) is 85.4 Å². The summed E-state index contributed by atoms with van der Waals surface area (Å²) in [6.45, 7) is 1.09. The van der Waals surface area contributed by atoms with E-state index in [2.05, 4.69) is 34.6 Å². The van der Waals surface area contributed by atoms with Crippen LogP contribution >= 0.6 is 0 Å². The molecule has 154 valence electrons. The van der Waals surface area contributed by atoms with Crippen LogP contribution in [0.25, 0.3) is 11.1 Å². The Hall–Kier alpha value is -2.25. The lowest BCUT2D eigenvalue weighted by atomic mass is 9.74. The van der Waals surface area contributed by atoms with Crippen molar-refractivity contribution in [1.82, 2.24) is 10.3 Å². The SMILES string of the molecule is O=C(N[C@@H]1CCS(=O)(=O)C1)C1(Cc2ccc(-c3ccncc3)cc2)CCOCC1. The Morgan fingerprint density at radius 1 is 1.07 bits per heavy atom. The van der Waals surface area contributed by atoms with Crippen LogP contribution in [0.15, 0.2) is 48.8 Å². The number of hydrogen-bond donors (Lipinski definition) is 1. The molecule has 0 unspecified atom stereocenters. The fraction of sp³-hybridized carbons (Fsp3) is 0.455. The Balaban J connectivity index is 1.50. The minimum atomic E-state index is -3.03. The molecule has 0 radical (unpaired) electrons. The predicted molar refractivity (Wildman–Crippen MR) is 111 cm³/mol. The number of carbonyl (C=O) groups is 1. The average Bonchev–Trinajstić information content (AvgIpc) is 3.08. The summed E-state index contributed by atoms with van der Waals surface area (Å²) in [7, 11) is -3.03. The number of nitrogens with zero attached hydrogens (tertiary/aromatic N) is 1. The first-order chi connectivity index (χ1) is 14.0. The van der Waals surface area contributed by atoms with Gasteiger partial charge in [-0.3, -0.25) is 9.78 Å². The van der Waals surface area contributed by atoms with E-state index in [1.807, 2.05) is 12.1 Å². The second kappa shape index (κ2) is 8.24. The van der Waals surface area contributed by atoms with Crippen molar-refractivity contribution >= 4 is 15.7 Å². The highest BCUT2D eigenvalue weighted by molar-refractivity contribution is 7.91. The molecule has 0 bridgehead atoms. The van der Waals surface area contributed by atoms with Gasteiger partial charge in [-0.1, -0.05) is 24.3 Å². The lowest BCUT2D eigenvalue weighted by Crippen LogP contribution is -2.49. The van der Waals surface area contributed by atoms with E-state index < -0.39 is 15.3 Å². The van der Waals surface area contributed by atoms with Crippen LogP contribution in [0.4, 0.5) is 0 Å². The van der Waals surface area contributed by atoms with Crippen molar-refractivity contribution < 1.29 is 17.9 Å². The number of sulfone groups is 1. The summed E-state index contributed by atoms with van der Waals surface area (Å²) in [5, 5.41) is 3.02. The van der Waals surface area contributed by atoms with E-state index in [0.29, 0.717) is 38.9 Å². The van der Waals surface area contributed by atoms with Gasteiger partial charge in [0.25, 0.3) is 0 Å². The number of aromatic nitrogens is 1. The van der Waals surface area contributed by atoms with Crippen molar-refractivity contribution in [2.75, 3.05) is 24.7 Å². The Labute approximate surface area is 171 Å². The predicted octanol–water partition coefficient (Wildman–Crippen LogP) is 2.39. The molecule has 1 N–H and O–H groups in total. The lowest BCUT2D eigenvalue weighted by Gasteiger charge is -2.36. The molecule has 2 saturated heterocycles. The zero-order valence-electron chi connectivity index (χ0n) is 16.3. The molecule has 2 fully saturated rings. The summed E-state index contributed by atoms with van der Waals surface area (Å²) in [4.78, 5) is 17.3. The molecule has 0 saturated carbocycles. The van der Waals surface area contributed by atoms with Gasteiger partial charge in [0.1, 0.15) is 0 Å². The van der Waals surface area contributed by atoms with Gasteiger partial charge in [-0.2, -0.15) is 0 Å². The van der Waals surface area contributed by atoms with Crippen LogP contribution in [0.3, 0.4) is 0 Å². The van der Waals surface area contributed by atoms with Crippen LogP contribution in [0, 0.1) is 5.41 Å². The second-order valence-corrected chi connectivity index (χ2v) is 10.3. The Morgan fingerprint density at radius 3 is 2.34 bits per heavy atom. The summed E-state index contributed by atoms with van der Waals surface area (Å²) < 4.78 is 29.0. The number of rotatable bonds is 5. The van der Waals surface area contributed by atoms with Crippen molar-refractivity contribution in [2.45, 2.75) is 31.7 Å². The van der Waals surface area contributed by atoms with Crippen molar-refractivity contribution in [3.8, 4) is 11.1 Å². The first-order valence-electron chi connectivity index (χ1n) is 10.0. The molecule has 2 aliphatic heterocycles. The third-order valence-corrected chi connectivity index (χ3v) is 7.78. The van der Waals surface area contributed by atoms with Gasteiger partial charge in [0.05, 0.1) is 16.9 Å². The van der Waals surface area contributed by atoms with Crippen molar-refractivity contribution in [1.29, 1.82) is 0 Å². The van der Waals surface area contributed by atoms with E-state index in [1.165, 1.54) is 0 Å². The van der Waals surface area contributed by atoms with Crippen LogP contribution in [-0.4, -0.2) is 50.1 Å². The van der Waals surface area contributed by atoms with E-state index in [1.54, 1.807) is 12.4 Å². The largest absolute Gasteiger partial charge is 0.381 e. The monoisotopic (exact) mass is 414 g/mol. The quantitative estimate of drug-likeness (QED) is 0.812. The van der Waals surface area contributed by atoms with Crippen LogP contribution in [0.1, 0.15) is 24.8 Å². The molecule has 0 spiro atoms. The average molecular weight is 415 g/mol. The fourth-order valence-electron chi connectivity index (χ4n) is 4.24. The summed E-state index contributed by atoms with van der Waals surface area (Å²) in [5.41, 5.74) is 2.76. The number of ether oxygens (including phenoxy) is 1. The summed E-state index contributed by atoms with van der Waals surface area (Å²) >= 11 is 0. The van der Waals surface area contributed by atoms with Gasteiger partial charge in [-0.05, 0) is 54.5 Å². The van der Waals surface area contributed by atoms with Crippen molar-refractivity contribution in [3.05, 3.63) is 54.4 Å². The Morgan fingerprint density at radius 2 is 1.72 bits per heavy atom. The minimum Gasteiger partial charge on any atom is -0.381 e. The number of pyridine rings is 1. The van der Waals surface area contributed by atoms with E-state index in [0.717, 1.165) is 16.7 Å². The van der Waals surface area contributed by atoms with Crippen LogP contribution < -0.4 is 5.32 Å². The number of amides is 1. The molecule has 0 aliphatic carbocycles. The van der Waals surface area contributed by atoms with Gasteiger partial charge in [0.15, 0.2) is 9.84 Å². The summed E-state index contributed by atoms with van der Waals surface area (Å²) in [5.74, 6) is 0.164. The third kappa shape index (κ3) is 4.67. The Bertz CT molecular complexity index is 952. The maximum Gasteiger partial charge on any atom is 0.226 e. The molecule has 1 aromatic heterocycles. The smallest absolute Gasteiger partial charge is 0.226 e. The van der Waals surface area contributed by atoms with Crippen molar-refractivity contribution in [2.24, 2.45) is 5.41 Å². The molecule has 3 heterocycles. The van der Waals surface area contributed by atoms with Gasteiger partial charge in [-0.15, -0.1) is 0 Å². The zero-order valence-corrected chi connectivity index (χ0v) is 17.2. The van der Waals surface area contributed by atoms with Gasteiger partial charge in [0.2, 0.25) is 5.91 Å². The highest BCUT2D eigenvalue weighted by Crippen LogP contribution is 2.35.